The van der Waals surface area contributed by atoms with Crippen molar-refractivity contribution in [2.24, 2.45) is 7.05 Å². The Bertz CT molecular complexity index is 937. The molecule has 3 rings (SSSR count). The molecule has 2 aromatic heterocycles. The van der Waals surface area contributed by atoms with Gasteiger partial charge in [-0.25, -0.2) is 4.68 Å². The lowest BCUT2D eigenvalue weighted by molar-refractivity contribution is 0.102. The van der Waals surface area contributed by atoms with Crippen LogP contribution in [-0.2, 0) is 13.8 Å². The van der Waals surface area contributed by atoms with Gasteiger partial charge in [-0.1, -0.05) is 11.6 Å². The lowest BCUT2D eigenvalue weighted by atomic mass is 10.1. The van der Waals surface area contributed by atoms with Crippen LogP contribution in [0.3, 0.4) is 0 Å². The fourth-order valence-electron chi connectivity index (χ4n) is 2.49. The zero-order valence-electron chi connectivity index (χ0n) is 15.1. The monoisotopic (exact) mass is 373 g/mol. The van der Waals surface area contributed by atoms with Gasteiger partial charge < -0.3 is 10.1 Å². The smallest absolute Gasteiger partial charge is 0.276 e. The van der Waals surface area contributed by atoms with Crippen LogP contribution >= 0.6 is 11.6 Å². The van der Waals surface area contributed by atoms with Crippen molar-refractivity contribution in [3.05, 3.63) is 58.1 Å². The van der Waals surface area contributed by atoms with E-state index in [2.05, 4.69) is 15.5 Å². The number of carbonyl (C=O) groups excluding carboxylic acids is 1. The van der Waals surface area contributed by atoms with Crippen molar-refractivity contribution in [3.8, 4) is 5.75 Å². The van der Waals surface area contributed by atoms with E-state index in [1.54, 1.807) is 27.8 Å². The second-order valence-corrected chi connectivity index (χ2v) is 6.48. The molecule has 0 saturated heterocycles. The molecule has 0 aliphatic rings. The number of carbonyl (C=O) groups is 1. The van der Waals surface area contributed by atoms with Gasteiger partial charge in [-0.2, -0.15) is 10.2 Å². The molecule has 1 aromatic carbocycles. The van der Waals surface area contributed by atoms with Gasteiger partial charge in [-0.05, 0) is 50.1 Å². The van der Waals surface area contributed by atoms with Crippen molar-refractivity contribution >= 4 is 23.2 Å². The van der Waals surface area contributed by atoms with Crippen molar-refractivity contribution in [2.75, 3.05) is 5.32 Å². The van der Waals surface area contributed by atoms with Crippen LogP contribution in [0.2, 0.25) is 5.02 Å². The first kappa shape index (κ1) is 18.0. The number of hydrogen-bond acceptors (Lipinski definition) is 4. The van der Waals surface area contributed by atoms with Gasteiger partial charge in [0.25, 0.3) is 5.91 Å². The van der Waals surface area contributed by atoms with E-state index in [4.69, 9.17) is 16.3 Å². The van der Waals surface area contributed by atoms with Crippen molar-refractivity contribution in [3.63, 3.8) is 0 Å². The third-order valence-corrected chi connectivity index (χ3v) is 4.73. The number of anilines is 1. The van der Waals surface area contributed by atoms with Crippen LogP contribution in [0.5, 0.6) is 5.75 Å². The number of ether oxygens (including phenoxy) is 1. The number of rotatable bonds is 5. The summed E-state index contributed by atoms with van der Waals surface area (Å²) in [5.74, 6) is 0.412. The molecule has 26 heavy (non-hydrogen) atoms. The molecule has 0 atom stereocenters. The molecule has 0 fully saturated rings. The maximum atomic E-state index is 12.3. The summed E-state index contributed by atoms with van der Waals surface area (Å²) in [6.07, 6.45) is 3.30. The van der Waals surface area contributed by atoms with Crippen LogP contribution in [0.15, 0.2) is 30.6 Å². The highest BCUT2D eigenvalue weighted by Gasteiger charge is 2.13. The molecule has 8 heteroatoms. The van der Waals surface area contributed by atoms with Crippen molar-refractivity contribution in [1.29, 1.82) is 0 Å². The van der Waals surface area contributed by atoms with Gasteiger partial charge in [0.1, 0.15) is 5.75 Å². The normalized spacial score (nSPS) is 10.8. The molecule has 3 aromatic rings. The standard InChI is InChI=1S/C18H20ClN5O2/c1-11-7-14(8-12(2)17(11)19)26-10-24-6-5-15(22-24)18(25)21-16-9-20-23(4)13(16)3/h5-9H,10H2,1-4H3,(H,21,25). The molecule has 136 valence electrons. The number of benzene rings is 1. The van der Waals surface area contributed by atoms with E-state index < -0.39 is 0 Å². The Morgan fingerprint density at radius 3 is 2.58 bits per heavy atom. The number of amides is 1. The van der Waals surface area contributed by atoms with E-state index in [1.165, 1.54) is 0 Å². The molecule has 0 spiro atoms. The molecule has 1 amide bonds. The summed E-state index contributed by atoms with van der Waals surface area (Å²) in [7, 11) is 1.82. The van der Waals surface area contributed by atoms with E-state index >= 15 is 0 Å². The maximum absolute atomic E-state index is 12.3. The Morgan fingerprint density at radius 2 is 1.96 bits per heavy atom. The number of aryl methyl sites for hydroxylation is 3. The molecular formula is C18H20ClN5O2. The Labute approximate surface area is 156 Å². The minimum atomic E-state index is -0.293. The van der Waals surface area contributed by atoms with Gasteiger partial charge in [0, 0.05) is 18.3 Å². The molecule has 0 radical (unpaired) electrons. The van der Waals surface area contributed by atoms with Crippen molar-refractivity contribution < 1.29 is 9.53 Å². The molecule has 7 nitrogen and oxygen atoms in total. The Hall–Kier alpha value is -2.80. The maximum Gasteiger partial charge on any atom is 0.276 e. The first-order valence-corrected chi connectivity index (χ1v) is 8.46. The third kappa shape index (κ3) is 3.72. The van der Waals surface area contributed by atoms with E-state index in [0.29, 0.717) is 17.1 Å². The fourth-order valence-corrected chi connectivity index (χ4v) is 2.60. The molecular weight excluding hydrogens is 354 g/mol. The number of hydrogen-bond donors (Lipinski definition) is 1. The van der Waals surface area contributed by atoms with E-state index in [1.807, 2.05) is 40.0 Å². The molecule has 0 saturated carbocycles. The predicted molar refractivity (Wildman–Crippen MR) is 99.7 cm³/mol. The molecule has 0 unspecified atom stereocenters. The molecule has 1 N–H and O–H groups in total. The Kier molecular flexibility index (Phi) is 4.99. The van der Waals surface area contributed by atoms with Crippen molar-refractivity contribution in [2.45, 2.75) is 27.5 Å². The van der Waals surface area contributed by atoms with Crippen LogP contribution in [0.4, 0.5) is 5.69 Å². The minimum Gasteiger partial charge on any atom is -0.471 e. The number of halogens is 1. The molecule has 2 heterocycles. The highest BCUT2D eigenvalue weighted by Crippen LogP contribution is 2.26. The van der Waals surface area contributed by atoms with E-state index in [9.17, 15) is 4.79 Å². The molecule has 0 aliphatic carbocycles. The Morgan fingerprint density at radius 1 is 1.27 bits per heavy atom. The SMILES string of the molecule is Cc1cc(OCn2ccc(C(=O)Nc3cnn(C)c3C)n2)cc(C)c1Cl. The molecule has 0 aliphatic heterocycles. The van der Waals surface area contributed by atoms with Crippen LogP contribution in [0.1, 0.15) is 27.3 Å². The average Bonchev–Trinajstić information content (AvgIpc) is 3.20. The van der Waals surface area contributed by atoms with Gasteiger partial charge in [-0.15, -0.1) is 0 Å². The summed E-state index contributed by atoms with van der Waals surface area (Å²) < 4.78 is 8.99. The summed E-state index contributed by atoms with van der Waals surface area (Å²) in [6, 6.07) is 5.39. The summed E-state index contributed by atoms with van der Waals surface area (Å²) in [4.78, 5) is 12.3. The predicted octanol–water partition coefficient (Wildman–Crippen LogP) is 3.48. The Balaban J connectivity index is 1.64. The number of nitrogens with zero attached hydrogens (tertiary/aromatic N) is 4. The lowest BCUT2D eigenvalue weighted by Crippen LogP contribution is -2.14. The summed E-state index contributed by atoms with van der Waals surface area (Å²) in [5.41, 5.74) is 3.74. The van der Waals surface area contributed by atoms with Gasteiger partial charge in [0.05, 0.1) is 17.6 Å². The zero-order chi connectivity index (χ0) is 18.8. The second-order valence-electron chi connectivity index (χ2n) is 6.11. The van der Waals surface area contributed by atoms with Gasteiger partial charge in [0.15, 0.2) is 12.4 Å². The first-order chi connectivity index (χ1) is 12.3. The number of nitrogens with one attached hydrogen (secondary N) is 1. The highest BCUT2D eigenvalue weighted by molar-refractivity contribution is 6.32. The fraction of sp³-hybridized carbons (Fsp3) is 0.278. The van der Waals surface area contributed by atoms with Crippen molar-refractivity contribution in [1.82, 2.24) is 19.6 Å². The first-order valence-electron chi connectivity index (χ1n) is 8.08. The highest BCUT2D eigenvalue weighted by atomic mass is 35.5. The quantitative estimate of drug-likeness (QED) is 0.743. The summed E-state index contributed by atoms with van der Waals surface area (Å²) in [6.45, 7) is 5.93. The van der Waals surface area contributed by atoms with Crippen LogP contribution in [0, 0.1) is 20.8 Å². The summed E-state index contributed by atoms with van der Waals surface area (Å²) in [5, 5.41) is 11.9. The van der Waals surface area contributed by atoms with E-state index in [-0.39, 0.29) is 12.6 Å². The van der Waals surface area contributed by atoms with Crippen LogP contribution < -0.4 is 10.1 Å². The lowest BCUT2D eigenvalue weighted by Gasteiger charge is -2.10. The minimum absolute atomic E-state index is 0.194. The van der Waals surface area contributed by atoms with Gasteiger partial charge in [0.2, 0.25) is 0 Å². The van der Waals surface area contributed by atoms with Gasteiger partial charge in [-0.3, -0.25) is 9.48 Å². The van der Waals surface area contributed by atoms with Crippen LogP contribution in [0.25, 0.3) is 0 Å². The summed E-state index contributed by atoms with van der Waals surface area (Å²) >= 11 is 6.16. The number of aromatic nitrogens is 4. The molecule has 0 bridgehead atoms. The largest absolute Gasteiger partial charge is 0.471 e. The topological polar surface area (TPSA) is 74.0 Å². The van der Waals surface area contributed by atoms with E-state index in [0.717, 1.165) is 21.8 Å². The zero-order valence-corrected chi connectivity index (χ0v) is 15.8. The van der Waals surface area contributed by atoms with Crippen LogP contribution in [-0.4, -0.2) is 25.5 Å². The van der Waals surface area contributed by atoms with Gasteiger partial charge >= 0.3 is 0 Å². The average molecular weight is 374 g/mol. The second kappa shape index (κ2) is 7.21. The third-order valence-electron chi connectivity index (χ3n) is 4.13.